The van der Waals surface area contributed by atoms with Crippen LogP contribution in [0.15, 0.2) is 18.3 Å². The number of carbonyl (C=O) groups excluding carboxylic acids is 1. The van der Waals surface area contributed by atoms with E-state index in [4.69, 9.17) is 4.74 Å². The van der Waals surface area contributed by atoms with Crippen molar-refractivity contribution in [3.63, 3.8) is 0 Å². The van der Waals surface area contributed by atoms with Crippen LogP contribution < -0.4 is 14.4 Å². The Labute approximate surface area is 149 Å². The number of anilines is 1. The van der Waals surface area contributed by atoms with Gasteiger partial charge in [-0.2, -0.15) is 0 Å². The summed E-state index contributed by atoms with van der Waals surface area (Å²) in [7, 11) is -1.79. The summed E-state index contributed by atoms with van der Waals surface area (Å²) in [6.07, 6.45) is 2.97. The van der Waals surface area contributed by atoms with Gasteiger partial charge in [-0.05, 0) is 19.9 Å². The number of hydrogen-bond donors (Lipinski definition) is 1. The summed E-state index contributed by atoms with van der Waals surface area (Å²) in [6, 6.07) is 3.32. The number of likely N-dealkylation sites (tertiary alicyclic amines) is 1. The fraction of sp³-hybridized carbons (Fsp3) is 0.625. The maximum absolute atomic E-state index is 11.9. The number of amides is 2. The first-order valence-electron chi connectivity index (χ1n) is 8.49. The van der Waals surface area contributed by atoms with Gasteiger partial charge in [-0.3, -0.25) is 4.31 Å². The summed E-state index contributed by atoms with van der Waals surface area (Å²) in [6.45, 7) is 5.40. The summed E-state index contributed by atoms with van der Waals surface area (Å²) in [5.41, 5.74) is 0.500. The van der Waals surface area contributed by atoms with Crippen molar-refractivity contribution >= 4 is 21.7 Å². The molecule has 1 saturated heterocycles. The molecular weight excluding hydrogens is 344 g/mol. The van der Waals surface area contributed by atoms with Crippen LogP contribution in [-0.4, -0.2) is 62.9 Å². The van der Waals surface area contributed by atoms with Gasteiger partial charge in [0.2, 0.25) is 15.9 Å². The summed E-state index contributed by atoms with van der Waals surface area (Å²) >= 11 is 0. The maximum Gasteiger partial charge on any atom is 0.317 e. The molecule has 1 aliphatic heterocycles. The van der Waals surface area contributed by atoms with Gasteiger partial charge in [0.1, 0.15) is 6.10 Å². The molecule has 2 heterocycles. The Kier molecular flexibility index (Phi) is 6.46. The van der Waals surface area contributed by atoms with E-state index in [-0.39, 0.29) is 17.9 Å². The number of nitrogens with zero attached hydrogens (tertiary/aromatic N) is 3. The zero-order chi connectivity index (χ0) is 18.4. The number of rotatable bonds is 6. The Bertz CT molecular complexity index is 670. The van der Waals surface area contributed by atoms with E-state index in [1.807, 2.05) is 6.92 Å². The first-order valence-corrected chi connectivity index (χ1v) is 10.1. The van der Waals surface area contributed by atoms with E-state index >= 15 is 0 Å². The fourth-order valence-corrected chi connectivity index (χ4v) is 3.41. The van der Waals surface area contributed by atoms with Gasteiger partial charge in [0.15, 0.2) is 0 Å². The Morgan fingerprint density at radius 1 is 1.36 bits per heavy atom. The second-order valence-corrected chi connectivity index (χ2v) is 8.15. The van der Waals surface area contributed by atoms with Crippen molar-refractivity contribution < 1.29 is 17.9 Å². The molecule has 140 valence electrons. The number of nitrogens with one attached hydrogen (secondary N) is 1. The number of aromatic nitrogens is 1. The molecule has 8 nitrogen and oxygen atoms in total. The molecule has 0 atom stereocenters. The average Bonchev–Trinajstić information content (AvgIpc) is 2.62. The third kappa shape index (κ3) is 4.97. The van der Waals surface area contributed by atoms with Crippen molar-refractivity contribution in [1.29, 1.82) is 0 Å². The lowest BCUT2D eigenvalue weighted by molar-refractivity contribution is 0.107. The van der Waals surface area contributed by atoms with E-state index in [0.717, 1.165) is 12.8 Å². The number of pyridine rings is 1. The lowest BCUT2D eigenvalue weighted by Crippen LogP contribution is -2.46. The molecule has 1 aromatic rings. The molecule has 0 aromatic carbocycles. The number of urea groups is 1. The number of hydrogen-bond acceptors (Lipinski definition) is 5. The van der Waals surface area contributed by atoms with Gasteiger partial charge < -0.3 is 15.0 Å². The first kappa shape index (κ1) is 19.3. The molecule has 1 N–H and O–H groups in total. The molecule has 0 saturated carbocycles. The van der Waals surface area contributed by atoms with Gasteiger partial charge in [0.25, 0.3) is 0 Å². The molecule has 1 fully saturated rings. The molecule has 0 bridgehead atoms. The highest BCUT2D eigenvalue weighted by molar-refractivity contribution is 7.92. The minimum atomic E-state index is -3.30. The molecule has 25 heavy (non-hydrogen) atoms. The Hall–Kier alpha value is -2.03. The number of piperidine rings is 1. The van der Waals surface area contributed by atoms with Crippen molar-refractivity contribution in [2.75, 3.05) is 36.7 Å². The minimum Gasteiger partial charge on any atom is -0.474 e. The molecule has 0 aliphatic carbocycles. The van der Waals surface area contributed by atoms with Gasteiger partial charge in [-0.25, -0.2) is 18.2 Å². The Morgan fingerprint density at radius 2 is 2.04 bits per heavy atom. The van der Waals surface area contributed by atoms with E-state index in [2.05, 4.69) is 10.3 Å². The summed E-state index contributed by atoms with van der Waals surface area (Å²) in [4.78, 5) is 17.8. The smallest absolute Gasteiger partial charge is 0.317 e. The molecule has 0 radical (unpaired) electrons. The number of sulfonamides is 1. The molecule has 0 unspecified atom stereocenters. The number of ether oxygens (including phenoxy) is 1. The third-order valence-electron chi connectivity index (χ3n) is 4.21. The van der Waals surface area contributed by atoms with Gasteiger partial charge in [-0.15, -0.1) is 0 Å². The molecule has 2 amide bonds. The largest absolute Gasteiger partial charge is 0.474 e. The van der Waals surface area contributed by atoms with E-state index in [1.165, 1.54) is 17.5 Å². The van der Waals surface area contributed by atoms with Crippen LogP contribution in [0.4, 0.5) is 10.5 Å². The van der Waals surface area contributed by atoms with E-state index < -0.39 is 10.0 Å². The molecule has 1 aromatic heterocycles. The van der Waals surface area contributed by atoms with Gasteiger partial charge in [0, 0.05) is 45.6 Å². The standard InChI is InChI=1S/C16H26N4O4S/c1-4-17-16(21)20-10-8-14(9-11-20)24-15-7-6-13(12-18-15)19(3)25(22,23)5-2/h6-7,12,14H,4-5,8-11H2,1-3H3,(H,17,21). The SMILES string of the molecule is CCNC(=O)N1CCC(Oc2ccc(N(C)S(=O)(=O)CC)cn2)CC1. The van der Waals surface area contributed by atoms with Crippen LogP contribution in [0.2, 0.25) is 0 Å². The van der Waals surface area contributed by atoms with Gasteiger partial charge in [-0.1, -0.05) is 0 Å². The molecule has 0 spiro atoms. The normalized spacial score (nSPS) is 15.7. The topological polar surface area (TPSA) is 91.8 Å². The summed E-state index contributed by atoms with van der Waals surface area (Å²) in [5.74, 6) is 0.494. The second kappa shape index (κ2) is 8.37. The molecule has 2 rings (SSSR count). The zero-order valence-electron chi connectivity index (χ0n) is 14.9. The van der Waals surface area contributed by atoms with E-state index in [9.17, 15) is 13.2 Å². The highest BCUT2D eigenvalue weighted by Crippen LogP contribution is 2.21. The maximum atomic E-state index is 11.9. The quantitative estimate of drug-likeness (QED) is 0.818. The van der Waals surface area contributed by atoms with Crippen LogP contribution in [0.5, 0.6) is 5.88 Å². The average molecular weight is 370 g/mol. The molecule has 1 aliphatic rings. The molecule has 9 heteroatoms. The lowest BCUT2D eigenvalue weighted by atomic mass is 10.1. The zero-order valence-corrected chi connectivity index (χ0v) is 15.8. The van der Waals surface area contributed by atoms with E-state index in [1.54, 1.807) is 24.0 Å². The van der Waals surface area contributed by atoms with Crippen LogP contribution in [0.3, 0.4) is 0 Å². The van der Waals surface area contributed by atoms with Crippen molar-refractivity contribution in [1.82, 2.24) is 15.2 Å². The van der Waals surface area contributed by atoms with Crippen LogP contribution in [0, 0.1) is 0 Å². The van der Waals surface area contributed by atoms with Gasteiger partial charge >= 0.3 is 6.03 Å². The van der Waals surface area contributed by atoms with Crippen LogP contribution in [-0.2, 0) is 10.0 Å². The van der Waals surface area contributed by atoms with Crippen molar-refractivity contribution in [2.45, 2.75) is 32.8 Å². The molecular formula is C16H26N4O4S. The fourth-order valence-electron chi connectivity index (χ4n) is 2.59. The van der Waals surface area contributed by atoms with Gasteiger partial charge in [0.05, 0.1) is 17.6 Å². The van der Waals surface area contributed by atoms with Crippen molar-refractivity contribution in [2.24, 2.45) is 0 Å². The predicted octanol–water partition coefficient (Wildman–Crippen LogP) is 1.44. The highest BCUT2D eigenvalue weighted by atomic mass is 32.2. The van der Waals surface area contributed by atoms with E-state index in [0.29, 0.717) is 31.2 Å². The minimum absolute atomic E-state index is 0.00105. The van der Waals surface area contributed by atoms with Crippen molar-refractivity contribution in [3.05, 3.63) is 18.3 Å². The predicted molar refractivity (Wildman–Crippen MR) is 96.4 cm³/mol. The van der Waals surface area contributed by atoms with Crippen molar-refractivity contribution in [3.8, 4) is 5.88 Å². The summed E-state index contributed by atoms with van der Waals surface area (Å²) < 4.78 is 30.8. The first-order chi connectivity index (χ1) is 11.9. The summed E-state index contributed by atoms with van der Waals surface area (Å²) in [5, 5.41) is 2.79. The van der Waals surface area contributed by atoms with Crippen LogP contribution in [0.1, 0.15) is 26.7 Å². The highest BCUT2D eigenvalue weighted by Gasteiger charge is 2.24. The Balaban J connectivity index is 1.89. The second-order valence-electron chi connectivity index (χ2n) is 5.86. The van der Waals surface area contributed by atoms with Crippen LogP contribution in [0.25, 0.3) is 0 Å². The third-order valence-corrected chi connectivity index (χ3v) is 5.99. The Morgan fingerprint density at radius 3 is 2.56 bits per heavy atom. The monoisotopic (exact) mass is 370 g/mol. The lowest BCUT2D eigenvalue weighted by Gasteiger charge is -2.31. The number of carbonyl (C=O) groups is 1. The van der Waals surface area contributed by atoms with Crippen LogP contribution >= 0.6 is 0 Å².